The Morgan fingerprint density at radius 2 is 2.18 bits per heavy atom. The fourth-order valence-corrected chi connectivity index (χ4v) is 2.59. The van der Waals surface area contributed by atoms with E-state index in [0.29, 0.717) is 13.0 Å². The number of halogens is 2. The quantitative estimate of drug-likeness (QED) is 0.855. The summed E-state index contributed by atoms with van der Waals surface area (Å²) in [5.41, 5.74) is 0.192. The number of piperidine rings is 1. The molecule has 0 radical (unpaired) electrons. The fraction of sp³-hybridized carbons (Fsp3) is 0.375. The Bertz CT molecular complexity index is 686. The van der Waals surface area contributed by atoms with Crippen molar-refractivity contribution < 1.29 is 18.0 Å². The molecule has 1 aliphatic heterocycles. The molecule has 116 valence electrons. The van der Waals surface area contributed by atoms with Crippen LogP contribution in [0.3, 0.4) is 0 Å². The first kappa shape index (κ1) is 14.7. The highest BCUT2D eigenvalue weighted by atomic mass is 19.1. The molecule has 1 saturated heterocycles. The molecule has 1 aliphatic rings. The third kappa shape index (κ3) is 2.61. The van der Waals surface area contributed by atoms with E-state index < -0.39 is 17.9 Å². The van der Waals surface area contributed by atoms with E-state index in [-0.39, 0.29) is 29.5 Å². The second kappa shape index (κ2) is 5.87. The smallest absolute Gasteiger partial charge is 0.276 e. The zero-order chi connectivity index (χ0) is 15.7. The van der Waals surface area contributed by atoms with Crippen molar-refractivity contribution in [1.82, 2.24) is 9.88 Å². The summed E-state index contributed by atoms with van der Waals surface area (Å²) in [4.78, 5) is 17.8. The maximum absolute atomic E-state index is 13.9. The van der Waals surface area contributed by atoms with Crippen molar-refractivity contribution >= 4 is 5.91 Å². The normalized spacial score (nSPS) is 21.9. The molecule has 0 unspecified atom stereocenters. The SMILES string of the molecule is C[C@@H]1CCN(C(=O)c2ncoc2-c2ccccc2F)C[C@@H]1F. The van der Waals surface area contributed by atoms with Crippen LogP contribution in [-0.4, -0.2) is 35.1 Å². The molecule has 1 amide bonds. The second-order valence-electron chi connectivity index (χ2n) is 5.54. The predicted octanol–water partition coefficient (Wildman–Crippen LogP) is 3.30. The Kier molecular flexibility index (Phi) is 3.92. The largest absolute Gasteiger partial charge is 0.443 e. The Morgan fingerprint density at radius 3 is 2.91 bits per heavy atom. The molecule has 1 aromatic heterocycles. The molecule has 1 fully saturated rings. The highest BCUT2D eigenvalue weighted by Crippen LogP contribution is 2.28. The van der Waals surface area contributed by atoms with Gasteiger partial charge in [0.05, 0.1) is 12.1 Å². The molecule has 22 heavy (non-hydrogen) atoms. The van der Waals surface area contributed by atoms with Crippen LogP contribution in [0.5, 0.6) is 0 Å². The van der Waals surface area contributed by atoms with E-state index in [1.165, 1.54) is 17.0 Å². The van der Waals surface area contributed by atoms with Crippen LogP contribution in [-0.2, 0) is 0 Å². The molecule has 6 heteroatoms. The average molecular weight is 306 g/mol. The van der Waals surface area contributed by atoms with E-state index in [4.69, 9.17) is 4.42 Å². The molecule has 0 saturated carbocycles. The lowest BCUT2D eigenvalue weighted by Crippen LogP contribution is -2.44. The summed E-state index contributed by atoms with van der Waals surface area (Å²) in [7, 11) is 0. The molecule has 0 N–H and O–H groups in total. The van der Waals surface area contributed by atoms with Crippen LogP contribution in [0.25, 0.3) is 11.3 Å². The number of hydrogen-bond donors (Lipinski definition) is 0. The molecule has 0 aliphatic carbocycles. The molecule has 4 nitrogen and oxygen atoms in total. The topological polar surface area (TPSA) is 46.3 Å². The Morgan fingerprint density at radius 1 is 1.41 bits per heavy atom. The van der Waals surface area contributed by atoms with Crippen molar-refractivity contribution in [2.45, 2.75) is 19.5 Å². The van der Waals surface area contributed by atoms with E-state index in [9.17, 15) is 13.6 Å². The number of alkyl halides is 1. The van der Waals surface area contributed by atoms with Crippen molar-refractivity contribution in [3.05, 3.63) is 42.2 Å². The maximum atomic E-state index is 13.9. The molecule has 1 aromatic carbocycles. The van der Waals surface area contributed by atoms with Crippen LogP contribution in [0.15, 0.2) is 35.1 Å². The van der Waals surface area contributed by atoms with Crippen LogP contribution < -0.4 is 0 Å². The molecule has 0 spiro atoms. The summed E-state index contributed by atoms with van der Waals surface area (Å²) in [5.74, 6) is -0.907. The highest BCUT2D eigenvalue weighted by Gasteiger charge is 2.32. The number of benzene rings is 1. The van der Waals surface area contributed by atoms with Gasteiger partial charge in [0.15, 0.2) is 17.8 Å². The van der Waals surface area contributed by atoms with Gasteiger partial charge in [-0.15, -0.1) is 0 Å². The van der Waals surface area contributed by atoms with E-state index >= 15 is 0 Å². The summed E-state index contributed by atoms with van der Waals surface area (Å²) in [6, 6.07) is 6.00. The summed E-state index contributed by atoms with van der Waals surface area (Å²) in [5, 5.41) is 0. The van der Waals surface area contributed by atoms with E-state index in [1.54, 1.807) is 12.1 Å². The standard InChI is InChI=1S/C16H16F2N2O2/c1-10-6-7-20(8-13(10)18)16(21)14-15(22-9-19-14)11-4-2-3-5-12(11)17/h2-5,9-10,13H,6-8H2,1H3/t10-,13+/m1/s1. The third-order valence-electron chi connectivity index (χ3n) is 4.04. The van der Waals surface area contributed by atoms with Crippen molar-refractivity contribution in [3.63, 3.8) is 0 Å². The van der Waals surface area contributed by atoms with Gasteiger partial charge in [0.25, 0.3) is 5.91 Å². The van der Waals surface area contributed by atoms with Gasteiger partial charge in [-0.1, -0.05) is 19.1 Å². The number of nitrogens with zero attached hydrogens (tertiary/aromatic N) is 2. The zero-order valence-corrected chi connectivity index (χ0v) is 12.1. The summed E-state index contributed by atoms with van der Waals surface area (Å²) >= 11 is 0. The van der Waals surface area contributed by atoms with E-state index in [1.807, 2.05) is 6.92 Å². The minimum absolute atomic E-state index is 0.0202. The Labute approximate surface area is 126 Å². The van der Waals surface area contributed by atoms with Crippen LogP contribution in [0.1, 0.15) is 23.8 Å². The first-order valence-corrected chi connectivity index (χ1v) is 7.19. The number of oxazole rings is 1. The van der Waals surface area contributed by atoms with Crippen molar-refractivity contribution in [2.75, 3.05) is 13.1 Å². The van der Waals surface area contributed by atoms with Crippen molar-refractivity contribution in [2.24, 2.45) is 5.92 Å². The van der Waals surface area contributed by atoms with E-state index in [2.05, 4.69) is 4.98 Å². The first-order valence-electron chi connectivity index (χ1n) is 7.19. The fourth-order valence-electron chi connectivity index (χ4n) is 2.59. The van der Waals surface area contributed by atoms with E-state index in [0.717, 1.165) is 6.39 Å². The first-order chi connectivity index (χ1) is 10.6. The maximum Gasteiger partial charge on any atom is 0.276 e. The number of likely N-dealkylation sites (tertiary alicyclic amines) is 1. The monoisotopic (exact) mass is 306 g/mol. The number of carbonyl (C=O) groups is 1. The van der Waals surface area contributed by atoms with Gasteiger partial charge in [-0.05, 0) is 24.5 Å². The number of amides is 1. The Balaban J connectivity index is 1.89. The molecule has 0 bridgehead atoms. The number of rotatable bonds is 2. The van der Waals surface area contributed by atoms with Gasteiger partial charge < -0.3 is 9.32 Å². The molecule has 2 aromatic rings. The van der Waals surface area contributed by atoms with Gasteiger partial charge >= 0.3 is 0 Å². The molecule has 3 rings (SSSR count). The van der Waals surface area contributed by atoms with Crippen LogP contribution >= 0.6 is 0 Å². The van der Waals surface area contributed by atoms with Gasteiger partial charge in [0, 0.05) is 6.54 Å². The minimum Gasteiger partial charge on any atom is -0.443 e. The number of aromatic nitrogens is 1. The number of hydrogen-bond acceptors (Lipinski definition) is 3. The molecular formula is C16H16F2N2O2. The molecule has 2 heterocycles. The van der Waals surface area contributed by atoms with Gasteiger partial charge in [0.1, 0.15) is 12.0 Å². The average Bonchev–Trinajstić information content (AvgIpc) is 2.99. The zero-order valence-electron chi connectivity index (χ0n) is 12.1. The number of carbonyl (C=O) groups excluding carboxylic acids is 1. The van der Waals surface area contributed by atoms with Crippen LogP contribution in [0, 0.1) is 11.7 Å². The Hall–Kier alpha value is -2.24. The van der Waals surface area contributed by atoms with Crippen molar-refractivity contribution in [1.29, 1.82) is 0 Å². The summed E-state index contributed by atoms with van der Waals surface area (Å²) < 4.78 is 32.9. The molecular weight excluding hydrogens is 290 g/mol. The lowest BCUT2D eigenvalue weighted by molar-refractivity contribution is 0.0536. The van der Waals surface area contributed by atoms with Crippen molar-refractivity contribution in [3.8, 4) is 11.3 Å². The minimum atomic E-state index is -1.05. The summed E-state index contributed by atoms with van der Waals surface area (Å²) in [6.07, 6.45) is 0.649. The lowest BCUT2D eigenvalue weighted by Gasteiger charge is -2.32. The summed E-state index contributed by atoms with van der Waals surface area (Å²) in [6.45, 7) is 2.32. The lowest BCUT2D eigenvalue weighted by atomic mass is 9.97. The third-order valence-corrected chi connectivity index (χ3v) is 4.04. The van der Waals surface area contributed by atoms with Gasteiger partial charge in [0.2, 0.25) is 0 Å². The second-order valence-corrected chi connectivity index (χ2v) is 5.54. The van der Waals surface area contributed by atoms with Gasteiger partial charge in [-0.25, -0.2) is 13.8 Å². The van der Waals surface area contributed by atoms with Gasteiger partial charge in [-0.2, -0.15) is 0 Å². The van der Waals surface area contributed by atoms with Crippen LogP contribution in [0.2, 0.25) is 0 Å². The van der Waals surface area contributed by atoms with Gasteiger partial charge in [-0.3, -0.25) is 4.79 Å². The molecule has 2 atom stereocenters. The van der Waals surface area contributed by atoms with Crippen LogP contribution in [0.4, 0.5) is 8.78 Å². The highest BCUT2D eigenvalue weighted by molar-refractivity contribution is 5.97. The predicted molar refractivity (Wildman–Crippen MR) is 76.5 cm³/mol.